The minimum absolute atomic E-state index is 0.00443. The number of hydrogen-bond donors (Lipinski definition) is 2. The van der Waals surface area contributed by atoms with Crippen LogP contribution < -0.4 is 5.73 Å². The lowest BCUT2D eigenvalue weighted by Crippen LogP contribution is -2.34. The van der Waals surface area contributed by atoms with Crippen LogP contribution in [0.25, 0.3) is 0 Å². The van der Waals surface area contributed by atoms with Crippen LogP contribution in [0.5, 0.6) is 0 Å². The monoisotopic (exact) mass is 380 g/mol. The highest BCUT2D eigenvalue weighted by Crippen LogP contribution is 2.34. The number of hydrogen-bond acceptors (Lipinski definition) is 7. The van der Waals surface area contributed by atoms with Crippen LogP contribution in [0.1, 0.15) is 48.3 Å². The molecule has 3 rings (SSSR count). The molecule has 1 amide bonds. The molecule has 1 aromatic heterocycles. The first kappa shape index (κ1) is 18.5. The van der Waals surface area contributed by atoms with E-state index in [2.05, 4.69) is 10.1 Å². The van der Waals surface area contributed by atoms with E-state index in [0.717, 1.165) is 4.31 Å². The highest BCUT2D eigenvalue weighted by Gasteiger charge is 2.46. The maximum Gasteiger partial charge on any atom is 0.260 e. The number of nitrogens with zero attached hydrogens (tertiary/aromatic N) is 3. The molecule has 1 fully saturated rings. The Morgan fingerprint density at radius 1 is 1.42 bits per heavy atom. The fourth-order valence-electron chi connectivity index (χ4n) is 2.76. The normalized spacial score (nSPS) is 21.4. The standard InChI is InChI=1S/C16H20N4O5S/c1-10(2)14-18-15(25-19-14)16(22)6-7-20(9-16)26(23,24)12-5-3-4-11(8-12)13(17)21/h3-5,8,10,22H,6-7,9H2,1-2H3,(H2,17,21)/t16-/m0/s1. The minimum atomic E-state index is -3.91. The molecule has 0 saturated carbocycles. The number of carbonyl (C=O) groups excluding carboxylic acids is 1. The van der Waals surface area contributed by atoms with Crippen molar-refractivity contribution in [2.45, 2.75) is 36.7 Å². The van der Waals surface area contributed by atoms with Gasteiger partial charge >= 0.3 is 0 Å². The molecule has 0 aliphatic carbocycles. The number of primary amides is 1. The van der Waals surface area contributed by atoms with E-state index >= 15 is 0 Å². The van der Waals surface area contributed by atoms with Gasteiger partial charge in [-0.15, -0.1) is 0 Å². The molecule has 140 valence electrons. The summed E-state index contributed by atoms with van der Waals surface area (Å²) in [6, 6.07) is 5.48. The number of nitrogens with two attached hydrogens (primary N) is 1. The third kappa shape index (κ3) is 3.22. The number of sulfonamides is 1. The van der Waals surface area contributed by atoms with Gasteiger partial charge in [-0.1, -0.05) is 25.1 Å². The maximum atomic E-state index is 12.8. The van der Waals surface area contributed by atoms with Crippen molar-refractivity contribution in [2.75, 3.05) is 13.1 Å². The average molecular weight is 380 g/mol. The molecule has 0 spiro atoms. The van der Waals surface area contributed by atoms with Crippen LogP contribution in [0, 0.1) is 0 Å². The quantitative estimate of drug-likeness (QED) is 0.773. The van der Waals surface area contributed by atoms with E-state index < -0.39 is 21.5 Å². The first-order valence-electron chi connectivity index (χ1n) is 8.10. The molecule has 1 aromatic carbocycles. The molecule has 26 heavy (non-hydrogen) atoms. The van der Waals surface area contributed by atoms with Crippen molar-refractivity contribution in [1.29, 1.82) is 0 Å². The Morgan fingerprint density at radius 2 is 2.15 bits per heavy atom. The average Bonchev–Trinajstić information content (AvgIpc) is 3.23. The SMILES string of the molecule is CC(C)c1noc([C@]2(O)CCN(S(=O)(=O)c3cccc(C(N)=O)c3)C2)n1. The Kier molecular flexibility index (Phi) is 4.59. The van der Waals surface area contributed by atoms with Crippen molar-refractivity contribution < 1.29 is 22.8 Å². The molecule has 0 radical (unpaired) electrons. The maximum absolute atomic E-state index is 12.8. The van der Waals surface area contributed by atoms with E-state index in [0.29, 0.717) is 5.82 Å². The molecule has 2 aromatic rings. The van der Waals surface area contributed by atoms with E-state index in [1.165, 1.54) is 24.3 Å². The summed E-state index contributed by atoms with van der Waals surface area (Å²) < 4.78 is 31.9. The van der Waals surface area contributed by atoms with Gasteiger partial charge in [-0.05, 0) is 18.2 Å². The summed E-state index contributed by atoms with van der Waals surface area (Å²) in [6.07, 6.45) is 0.126. The molecular formula is C16H20N4O5S. The number of aromatic nitrogens is 2. The predicted octanol–water partition coefficient (Wildman–Crippen LogP) is 0.574. The second-order valence-electron chi connectivity index (χ2n) is 6.62. The lowest BCUT2D eigenvalue weighted by molar-refractivity contribution is 0.0194. The van der Waals surface area contributed by atoms with Gasteiger partial charge < -0.3 is 15.4 Å². The van der Waals surface area contributed by atoms with Gasteiger partial charge in [-0.2, -0.15) is 9.29 Å². The summed E-state index contributed by atoms with van der Waals surface area (Å²) in [5.74, 6) is -0.241. The Hall–Kier alpha value is -2.30. The highest BCUT2D eigenvalue weighted by molar-refractivity contribution is 7.89. The largest absolute Gasteiger partial charge is 0.379 e. The molecule has 0 unspecified atom stereocenters. The van der Waals surface area contributed by atoms with Crippen molar-refractivity contribution in [3.63, 3.8) is 0 Å². The summed E-state index contributed by atoms with van der Waals surface area (Å²) in [4.78, 5) is 15.4. The van der Waals surface area contributed by atoms with Crippen LogP contribution in [0.15, 0.2) is 33.7 Å². The molecule has 1 aliphatic rings. The van der Waals surface area contributed by atoms with Crippen LogP contribution in [-0.4, -0.2) is 47.0 Å². The summed E-state index contributed by atoms with van der Waals surface area (Å²) in [6.45, 7) is 3.64. The molecule has 0 bridgehead atoms. The number of benzene rings is 1. The molecule has 10 heteroatoms. The number of aliphatic hydroxyl groups is 1. The summed E-state index contributed by atoms with van der Waals surface area (Å²) in [5, 5.41) is 14.6. The topological polar surface area (TPSA) is 140 Å². The van der Waals surface area contributed by atoms with Crippen molar-refractivity contribution in [3.05, 3.63) is 41.5 Å². The van der Waals surface area contributed by atoms with Gasteiger partial charge in [0.15, 0.2) is 11.4 Å². The van der Waals surface area contributed by atoms with Crippen LogP contribution >= 0.6 is 0 Å². The van der Waals surface area contributed by atoms with Gasteiger partial charge in [0.1, 0.15) is 0 Å². The van der Waals surface area contributed by atoms with E-state index in [1.807, 2.05) is 13.8 Å². The molecule has 1 saturated heterocycles. The minimum Gasteiger partial charge on any atom is -0.379 e. The third-order valence-electron chi connectivity index (χ3n) is 4.33. The van der Waals surface area contributed by atoms with E-state index in [-0.39, 0.29) is 41.8 Å². The molecule has 2 heterocycles. The second-order valence-corrected chi connectivity index (χ2v) is 8.56. The van der Waals surface area contributed by atoms with E-state index in [1.54, 1.807) is 0 Å². The zero-order valence-electron chi connectivity index (χ0n) is 14.4. The van der Waals surface area contributed by atoms with Gasteiger partial charge in [-0.25, -0.2) is 8.42 Å². The first-order chi connectivity index (χ1) is 12.1. The zero-order chi connectivity index (χ0) is 19.1. The smallest absolute Gasteiger partial charge is 0.260 e. The molecular weight excluding hydrogens is 360 g/mol. The Bertz CT molecular complexity index is 940. The van der Waals surface area contributed by atoms with Crippen LogP contribution in [0.4, 0.5) is 0 Å². The predicted molar refractivity (Wildman–Crippen MR) is 90.6 cm³/mol. The lowest BCUT2D eigenvalue weighted by Gasteiger charge is -2.20. The van der Waals surface area contributed by atoms with E-state index in [9.17, 15) is 18.3 Å². The van der Waals surface area contributed by atoms with Gasteiger partial charge in [0.25, 0.3) is 5.89 Å². The van der Waals surface area contributed by atoms with Gasteiger partial charge in [0.05, 0.1) is 11.4 Å². The number of β-amino-alcohol motifs (C(OH)–C–C–N with tert-alkyl or cyclic N) is 1. The summed E-state index contributed by atoms with van der Waals surface area (Å²) in [5.41, 5.74) is 3.76. The van der Waals surface area contributed by atoms with Gasteiger partial charge in [-0.3, -0.25) is 4.79 Å². The van der Waals surface area contributed by atoms with Crippen LogP contribution in [-0.2, 0) is 15.6 Å². The Balaban J connectivity index is 1.87. The fraction of sp³-hybridized carbons (Fsp3) is 0.438. The lowest BCUT2D eigenvalue weighted by atomic mass is 10.0. The molecule has 1 atom stereocenters. The van der Waals surface area contributed by atoms with Crippen molar-refractivity contribution in [2.24, 2.45) is 5.73 Å². The van der Waals surface area contributed by atoms with Gasteiger partial charge in [0.2, 0.25) is 15.9 Å². The summed E-state index contributed by atoms with van der Waals surface area (Å²) in [7, 11) is -3.91. The molecule has 1 aliphatic heterocycles. The van der Waals surface area contributed by atoms with E-state index in [4.69, 9.17) is 10.3 Å². The molecule has 3 N–H and O–H groups in total. The fourth-order valence-corrected chi connectivity index (χ4v) is 4.30. The second kappa shape index (κ2) is 6.45. The van der Waals surface area contributed by atoms with Crippen LogP contribution in [0.3, 0.4) is 0 Å². The Labute approximate surface area is 150 Å². The number of rotatable bonds is 5. The van der Waals surface area contributed by atoms with Crippen molar-refractivity contribution >= 4 is 15.9 Å². The summed E-state index contributed by atoms with van der Waals surface area (Å²) >= 11 is 0. The van der Waals surface area contributed by atoms with Crippen molar-refractivity contribution in [1.82, 2.24) is 14.4 Å². The first-order valence-corrected chi connectivity index (χ1v) is 9.54. The van der Waals surface area contributed by atoms with Gasteiger partial charge in [0, 0.05) is 24.4 Å². The zero-order valence-corrected chi connectivity index (χ0v) is 15.2. The third-order valence-corrected chi connectivity index (χ3v) is 6.17. The Morgan fingerprint density at radius 3 is 2.77 bits per heavy atom. The van der Waals surface area contributed by atoms with Crippen molar-refractivity contribution in [3.8, 4) is 0 Å². The number of carbonyl (C=O) groups is 1. The highest BCUT2D eigenvalue weighted by atomic mass is 32.2. The molecule has 9 nitrogen and oxygen atoms in total. The van der Waals surface area contributed by atoms with Crippen LogP contribution in [0.2, 0.25) is 0 Å². The number of amides is 1.